The fraction of sp³-hybridized carbons (Fsp3) is 0.619. The van der Waals surface area contributed by atoms with Crippen molar-refractivity contribution in [3.63, 3.8) is 0 Å². The molecule has 27 heavy (non-hydrogen) atoms. The van der Waals surface area contributed by atoms with Gasteiger partial charge in [0.15, 0.2) is 0 Å². The van der Waals surface area contributed by atoms with Gasteiger partial charge in [-0.05, 0) is 43.4 Å². The maximum absolute atomic E-state index is 13.2. The minimum absolute atomic E-state index is 0.0178. The van der Waals surface area contributed by atoms with E-state index in [1.165, 1.54) is 12.1 Å². The average molecular weight is 374 g/mol. The Labute approximate surface area is 159 Å². The van der Waals surface area contributed by atoms with Crippen LogP contribution in [0.15, 0.2) is 24.3 Å². The van der Waals surface area contributed by atoms with Crippen molar-refractivity contribution in [2.75, 3.05) is 39.4 Å². The lowest BCUT2D eigenvalue weighted by atomic mass is 9.71. The molecule has 0 unspecified atom stereocenters. The SMILES string of the molecule is O=C(Cc1ccc(F)cc1)N1C[C@@H](C(=O)N2CCCC2)C2(CCOCC2)C1. The van der Waals surface area contributed by atoms with E-state index in [1.807, 2.05) is 9.80 Å². The first-order chi connectivity index (χ1) is 13.1. The molecule has 0 N–H and O–H groups in total. The lowest BCUT2D eigenvalue weighted by Crippen LogP contribution is -2.45. The first-order valence-electron chi connectivity index (χ1n) is 9.96. The van der Waals surface area contributed by atoms with E-state index in [1.54, 1.807) is 12.1 Å². The van der Waals surface area contributed by atoms with E-state index < -0.39 is 0 Å². The van der Waals surface area contributed by atoms with Crippen molar-refractivity contribution in [2.45, 2.75) is 32.1 Å². The van der Waals surface area contributed by atoms with Crippen LogP contribution in [-0.4, -0.2) is 61.0 Å². The fourth-order valence-electron chi connectivity index (χ4n) is 4.83. The molecule has 3 aliphatic heterocycles. The van der Waals surface area contributed by atoms with Gasteiger partial charge in [-0.2, -0.15) is 0 Å². The Hall–Kier alpha value is -1.95. The van der Waals surface area contributed by atoms with Crippen LogP contribution in [-0.2, 0) is 20.7 Å². The van der Waals surface area contributed by atoms with Gasteiger partial charge in [-0.3, -0.25) is 9.59 Å². The van der Waals surface area contributed by atoms with Crippen molar-refractivity contribution < 1.29 is 18.7 Å². The zero-order valence-electron chi connectivity index (χ0n) is 15.7. The summed E-state index contributed by atoms with van der Waals surface area (Å²) in [4.78, 5) is 29.9. The van der Waals surface area contributed by atoms with E-state index in [-0.39, 0.29) is 35.4 Å². The van der Waals surface area contributed by atoms with Crippen LogP contribution in [0.2, 0.25) is 0 Å². The number of hydrogen-bond donors (Lipinski definition) is 0. The Balaban J connectivity index is 1.50. The summed E-state index contributed by atoms with van der Waals surface area (Å²) in [5.41, 5.74) is 0.646. The number of benzene rings is 1. The van der Waals surface area contributed by atoms with Crippen LogP contribution in [0.5, 0.6) is 0 Å². The highest BCUT2D eigenvalue weighted by Gasteiger charge is 2.52. The van der Waals surface area contributed by atoms with Gasteiger partial charge in [0.2, 0.25) is 11.8 Å². The summed E-state index contributed by atoms with van der Waals surface area (Å²) in [6.07, 6.45) is 4.05. The highest BCUT2D eigenvalue weighted by atomic mass is 19.1. The van der Waals surface area contributed by atoms with Crippen LogP contribution in [0.1, 0.15) is 31.2 Å². The molecule has 3 fully saturated rings. The molecule has 3 saturated heterocycles. The van der Waals surface area contributed by atoms with Crippen molar-refractivity contribution in [1.29, 1.82) is 0 Å². The third-order valence-electron chi connectivity index (χ3n) is 6.47. The smallest absolute Gasteiger partial charge is 0.228 e. The molecule has 3 aliphatic rings. The standard InChI is InChI=1S/C21H27FN2O3/c22-17-5-3-16(4-6-17)13-19(25)24-14-18(20(26)23-9-1-2-10-23)21(15-24)7-11-27-12-8-21/h3-6,18H,1-2,7-15H2/t18-/m0/s1. The van der Waals surface area contributed by atoms with Crippen molar-refractivity contribution in [3.05, 3.63) is 35.6 Å². The van der Waals surface area contributed by atoms with Gasteiger partial charge < -0.3 is 14.5 Å². The molecule has 0 radical (unpaired) electrons. The zero-order valence-corrected chi connectivity index (χ0v) is 15.7. The van der Waals surface area contributed by atoms with Gasteiger partial charge in [-0.15, -0.1) is 0 Å². The molecule has 146 valence electrons. The van der Waals surface area contributed by atoms with Crippen LogP contribution in [0.25, 0.3) is 0 Å². The molecule has 0 aromatic heterocycles. The van der Waals surface area contributed by atoms with Crippen molar-refractivity contribution >= 4 is 11.8 Å². The summed E-state index contributed by atoms with van der Waals surface area (Å²) in [6, 6.07) is 6.07. The Kier molecular flexibility index (Phi) is 5.17. The van der Waals surface area contributed by atoms with Crippen molar-refractivity contribution in [3.8, 4) is 0 Å². The van der Waals surface area contributed by atoms with Crippen LogP contribution in [0.4, 0.5) is 4.39 Å². The Morgan fingerprint density at radius 1 is 1.07 bits per heavy atom. The first kappa shape index (κ1) is 18.4. The second-order valence-corrected chi connectivity index (χ2v) is 8.14. The number of halogens is 1. The van der Waals surface area contributed by atoms with Gasteiger partial charge in [-0.1, -0.05) is 12.1 Å². The maximum Gasteiger partial charge on any atom is 0.228 e. The summed E-state index contributed by atoms with van der Waals surface area (Å²) in [6.45, 7) is 4.11. The summed E-state index contributed by atoms with van der Waals surface area (Å²) in [5, 5.41) is 0. The van der Waals surface area contributed by atoms with Gasteiger partial charge in [0, 0.05) is 44.8 Å². The van der Waals surface area contributed by atoms with E-state index in [0.717, 1.165) is 44.3 Å². The second kappa shape index (κ2) is 7.58. The predicted octanol–water partition coefficient (Wildman–Crippen LogP) is 2.25. The molecule has 4 rings (SSSR count). The van der Waals surface area contributed by atoms with Gasteiger partial charge in [0.25, 0.3) is 0 Å². The molecule has 1 aromatic rings. The van der Waals surface area contributed by atoms with E-state index in [4.69, 9.17) is 4.74 Å². The average Bonchev–Trinajstić information content (AvgIpc) is 3.33. The number of nitrogens with zero attached hydrogens (tertiary/aromatic N) is 2. The van der Waals surface area contributed by atoms with Crippen molar-refractivity contribution in [1.82, 2.24) is 9.80 Å². The van der Waals surface area contributed by atoms with E-state index >= 15 is 0 Å². The molecule has 0 bridgehead atoms. The van der Waals surface area contributed by atoms with Crippen molar-refractivity contribution in [2.24, 2.45) is 11.3 Å². The quantitative estimate of drug-likeness (QED) is 0.815. The van der Waals surface area contributed by atoms with Gasteiger partial charge in [0.05, 0.1) is 12.3 Å². The lowest BCUT2D eigenvalue weighted by Gasteiger charge is -2.38. The second-order valence-electron chi connectivity index (χ2n) is 8.14. The van der Waals surface area contributed by atoms with E-state index in [2.05, 4.69) is 0 Å². The van der Waals surface area contributed by atoms with Gasteiger partial charge in [-0.25, -0.2) is 4.39 Å². The highest BCUT2D eigenvalue weighted by molar-refractivity contribution is 5.84. The monoisotopic (exact) mass is 374 g/mol. The largest absolute Gasteiger partial charge is 0.381 e. The number of carbonyl (C=O) groups is 2. The summed E-state index contributed by atoms with van der Waals surface area (Å²) in [5.74, 6) is -0.197. The van der Waals surface area contributed by atoms with Crippen LogP contribution < -0.4 is 0 Å². The van der Waals surface area contributed by atoms with Gasteiger partial charge in [0.1, 0.15) is 5.82 Å². The van der Waals surface area contributed by atoms with Crippen LogP contribution in [0, 0.1) is 17.2 Å². The van der Waals surface area contributed by atoms with Crippen LogP contribution in [0.3, 0.4) is 0 Å². The molecule has 6 heteroatoms. The molecule has 1 aromatic carbocycles. The normalized spacial score (nSPS) is 24.6. The number of amides is 2. The van der Waals surface area contributed by atoms with Crippen LogP contribution >= 0.6 is 0 Å². The third kappa shape index (κ3) is 3.72. The number of carbonyl (C=O) groups excluding carboxylic acids is 2. The molecule has 0 saturated carbocycles. The molecule has 1 spiro atoms. The summed E-state index contributed by atoms with van der Waals surface area (Å²) in [7, 11) is 0. The topological polar surface area (TPSA) is 49.9 Å². The molecule has 3 heterocycles. The number of hydrogen-bond acceptors (Lipinski definition) is 3. The molecule has 2 amide bonds. The molecule has 5 nitrogen and oxygen atoms in total. The molecular formula is C21H27FN2O3. The van der Waals surface area contributed by atoms with E-state index in [9.17, 15) is 14.0 Å². The highest BCUT2D eigenvalue weighted by Crippen LogP contribution is 2.45. The number of rotatable bonds is 3. The Bertz CT molecular complexity index is 694. The minimum atomic E-state index is -0.301. The van der Waals surface area contributed by atoms with E-state index in [0.29, 0.717) is 26.3 Å². The zero-order chi connectivity index (χ0) is 18.9. The summed E-state index contributed by atoms with van der Waals surface area (Å²) < 4.78 is 18.7. The Morgan fingerprint density at radius 3 is 2.41 bits per heavy atom. The number of likely N-dealkylation sites (tertiary alicyclic amines) is 2. The third-order valence-corrected chi connectivity index (χ3v) is 6.47. The fourth-order valence-corrected chi connectivity index (χ4v) is 4.83. The lowest BCUT2D eigenvalue weighted by molar-refractivity contribution is -0.139. The summed E-state index contributed by atoms with van der Waals surface area (Å²) >= 11 is 0. The number of ether oxygens (including phenoxy) is 1. The first-order valence-corrected chi connectivity index (χ1v) is 9.96. The maximum atomic E-state index is 13.2. The molecular weight excluding hydrogens is 347 g/mol. The molecule has 0 aliphatic carbocycles. The predicted molar refractivity (Wildman–Crippen MR) is 98.5 cm³/mol. The Morgan fingerprint density at radius 2 is 1.74 bits per heavy atom. The van der Waals surface area contributed by atoms with Gasteiger partial charge >= 0.3 is 0 Å². The minimum Gasteiger partial charge on any atom is -0.381 e. The molecule has 1 atom stereocenters.